The minimum Gasteiger partial charge on any atom is -0.404 e. The Hall–Kier alpha value is -3.16. The fourth-order valence-corrected chi connectivity index (χ4v) is 2.91. The molecule has 0 atom stereocenters. The standard InChI is InChI=1S/C19H19F3N4O/c1-12-5-4-7-15-17(12)13(11-25-15)9-10-24-18(23)26-14-6-2-3-8-16(14)27-19(20,21)22/h2-8,11,25H,9-10H2,1H3,(H3,23,24,26). The molecule has 0 aliphatic rings. The molecule has 2 aromatic carbocycles. The van der Waals surface area contributed by atoms with Gasteiger partial charge in [0, 0.05) is 23.6 Å². The normalized spacial score (nSPS) is 12.4. The highest BCUT2D eigenvalue weighted by Crippen LogP contribution is 2.29. The summed E-state index contributed by atoms with van der Waals surface area (Å²) in [6, 6.07) is 11.7. The summed E-state index contributed by atoms with van der Waals surface area (Å²) in [5.41, 5.74) is 9.24. The number of H-pyrrole nitrogens is 1. The van der Waals surface area contributed by atoms with Gasteiger partial charge in [0.2, 0.25) is 0 Å². The van der Waals surface area contributed by atoms with E-state index in [9.17, 15) is 13.2 Å². The summed E-state index contributed by atoms with van der Waals surface area (Å²) in [6.45, 7) is 2.43. The number of nitrogens with one attached hydrogen (secondary N) is 2. The number of rotatable bonds is 5. The second-order valence-electron chi connectivity index (χ2n) is 6.00. The van der Waals surface area contributed by atoms with Crippen molar-refractivity contribution in [2.24, 2.45) is 10.7 Å². The molecule has 0 unspecified atom stereocenters. The topological polar surface area (TPSA) is 75.4 Å². The number of hydrogen-bond acceptors (Lipinski definition) is 2. The van der Waals surface area contributed by atoms with Crippen molar-refractivity contribution < 1.29 is 17.9 Å². The molecule has 3 rings (SSSR count). The van der Waals surface area contributed by atoms with Gasteiger partial charge in [-0.05, 0) is 42.7 Å². The lowest BCUT2D eigenvalue weighted by Crippen LogP contribution is -2.24. The van der Waals surface area contributed by atoms with Gasteiger partial charge in [-0.3, -0.25) is 4.99 Å². The monoisotopic (exact) mass is 376 g/mol. The lowest BCUT2D eigenvalue weighted by Gasteiger charge is -2.14. The highest BCUT2D eigenvalue weighted by atomic mass is 19.4. The van der Waals surface area contributed by atoms with E-state index in [1.807, 2.05) is 31.3 Å². The molecule has 3 aromatic rings. The Balaban J connectivity index is 1.67. The fraction of sp³-hybridized carbons (Fsp3) is 0.211. The molecule has 8 heteroatoms. The second kappa shape index (κ2) is 7.61. The number of anilines is 1. The molecular formula is C19H19F3N4O. The number of aromatic amines is 1. The lowest BCUT2D eigenvalue weighted by atomic mass is 10.1. The first-order valence-corrected chi connectivity index (χ1v) is 8.31. The number of halogens is 3. The molecule has 0 amide bonds. The molecule has 4 N–H and O–H groups in total. The Morgan fingerprint density at radius 1 is 1.19 bits per heavy atom. The summed E-state index contributed by atoms with van der Waals surface area (Å²) >= 11 is 0. The molecule has 0 saturated heterocycles. The van der Waals surface area contributed by atoms with E-state index >= 15 is 0 Å². The number of alkyl halides is 3. The minimum absolute atomic E-state index is 0.0183. The molecule has 0 radical (unpaired) electrons. The van der Waals surface area contributed by atoms with Crippen molar-refractivity contribution in [3.63, 3.8) is 0 Å². The molecule has 0 fully saturated rings. The zero-order chi connectivity index (χ0) is 19.4. The van der Waals surface area contributed by atoms with E-state index in [0.717, 1.165) is 22.0 Å². The van der Waals surface area contributed by atoms with E-state index < -0.39 is 6.36 Å². The maximum atomic E-state index is 12.5. The molecule has 0 aliphatic carbocycles. The average Bonchev–Trinajstić information content (AvgIpc) is 3.00. The number of aliphatic imine (C=N–C) groups is 1. The Morgan fingerprint density at radius 3 is 2.74 bits per heavy atom. The van der Waals surface area contributed by atoms with Crippen molar-refractivity contribution in [3.05, 3.63) is 59.8 Å². The van der Waals surface area contributed by atoms with Crippen molar-refractivity contribution >= 4 is 22.5 Å². The van der Waals surface area contributed by atoms with Gasteiger partial charge in [-0.15, -0.1) is 13.2 Å². The Morgan fingerprint density at radius 2 is 1.96 bits per heavy atom. The van der Waals surface area contributed by atoms with E-state index in [1.165, 1.54) is 18.2 Å². The second-order valence-corrected chi connectivity index (χ2v) is 6.00. The van der Waals surface area contributed by atoms with Gasteiger partial charge in [0.1, 0.15) is 0 Å². The van der Waals surface area contributed by atoms with Crippen molar-refractivity contribution in [1.82, 2.24) is 4.98 Å². The van der Waals surface area contributed by atoms with Crippen LogP contribution in [0.15, 0.2) is 53.7 Å². The smallest absolute Gasteiger partial charge is 0.404 e. The van der Waals surface area contributed by atoms with Crippen LogP contribution >= 0.6 is 0 Å². The molecule has 27 heavy (non-hydrogen) atoms. The molecule has 1 heterocycles. The van der Waals surface area contributed by atoms with Gasteiger partial charge >= 0.3 is 6.36 Å². The van der Waals surface area contributed by atoms with Gasteiger partial charge in [-0.1, -0.05) is 24.3 Å². The number of benzene rings is 2. The van der Waals surface area contributed by atoms with Gasteiger partial charge in [0.15, 0.2) is 11.7 Å². The van der Waals surface area contributed by atoms with Crippen LogP contribution in [0.25, 0.3) is 10.9 Å². The van der Waals surface area contributed by atoms with Crippen molar-refractivity contribution in [1.29, 1.82) is 0 Å². The van der Waals surface area contributed by atoms with E-state index in [4.69, 9.17) is 5.73 Å². The molecule has 0 aliphatic heterocycles. The first-order valence-electron chi connectivity index (χ1n) is 8.31. The lowest BCUT2D eigenvalue weighted by molar-refractivity contribution is -0.274. The van der Waals surface area contributed by atoms with E-state index in [2.05, 4.69) is 20.0 Å². The Bertz CT molecular complexity index is 963. The van der Waals surface area contributed by atoms with Crippen LogP contribution in [-0.4, -0.2) is 23.9 Å². The largest absolute Gasteiger partial charge is 0.573 e. The van der Waals surface area contributed by atoms with Gasteiger partial charge in [-0.2, -0.15) is 0 Å². The van der Waals surface area contributed by atoms with Crippen LogP contribution in [0.5, 0.6) is 5.75 Å². The number of aromatic nitrogens is 1. The molecule has 1 aromatic heterocycles. The average molecular weight is 376 g/mol. The predicted octanol–water partition coefficient (Wildman–Crippen LogP) is 4.34. The number of para-hydroxylation sites is 2. The summed E-state index contributed by atoms with van der Waals surface area (Å²) < 4.78 is 41.4. The van der Waals surface area contributed by atoms with Gasteiger partial charge in [0.05, 0.1) is 5.69 Å². The zero-order valence-corrected chi connectivity index (χ0v) is 14.6. The number of guanidine groups is 1. The van der Waals surface area contributed by atoms with Gasteiger partial charge < -0.3 is 20.8 Å². The summed E-state index contributed by atoms with van der Waals surface area (Å²) in [5.74, 6) is -0.347. The third-order valence-electron chi connectivity index (χ3n) is 4.03. The highest BCUT2D eigenvalue weighted by Gasteiger charge is 2.32. The molecule has 0 bridgehead atoms. The maximum absolute atomic E-state index is 12.5. The number of ether oxygens (including phenoxy) is 1. The number of fused-ring (bicyclic) bond motifs is 1. The van der Waals surface area contributed by atoms with Crippen LogP contribution in [0.2, 0.25) is 0 Å². The van der Waals surface area contributed by atoms with Crippen LogP contribution in [0.3, 0.4) is 0 Å². The van der Waals surface area contributed by atoms with Crippen LogP contribution in [0, 0.1) is 6.92 Å². The predicted molar refractivity (Wildman–Crippen MR) is 100.0 cm³/mol. The van der Waals surface area contributed by atoms with E-state index in [1.54, 1.807) is 6.07 Å². The minimum atomic E-state index is -4.78. The number of nitrogens with two attached hydrogens (primary N) is 1. The third-order valence-corrected chi connectivity index (χ3v) is 4.03. The Labute approximate surface area is 154 Å². The first kappa shape index (κ1) is 18.6. The van der Waals surface area contributed by atoms with Gasteiger partial charge in [-0.25, -0.2) is 0 Å². The molecule has 0 spiro atoms. The fourth-order valence-electron chi connectivity index (χ4n) is 2.91. The van der Waals surface area contributed by atoms with Crippen LogP contribution in [0.1, 0.15) is 11.1 Å². The summed E-state index contributed by atoms with van der Waals surface area (Å²) in [7, 11) is 0. The third kappa shape index (κ3) is 4.72. The number of nitrogens with zero attached hydrogens (tertiary/aromatic N) is 1. The molecule has 0 saturated carbocycles. The highest BCUT2D eigenvalue weighted by molar-refractivity contribution is 5.93. The van der Waals surface area contributed by atoms with Crippen molar-refractivity contribution in [2.75, 3.05) is 11.9 Å². The van der Waals surface area contributed by atoms with Crippen molar-refractivity contribution in [3.8, 4) is 5.75 Å². The van der Waals surface area contributed by atoms with Gasteiger partial charge in [0.25, 0.3) is 0 Å². The van der Waals surface area contributed by atoms with E-state index in [0.29, 0.717) is 13.0 Å². The summed E-state index contributed by atoms with van der Waals surface area (Å²) in [4.78, 5) is 7.42. The first-order chi connectivity index (χ1) is 12.8. The Kier molecular flexibility index (Phi) is 5.25. The van der Waals surface area contributed by atoms with E-state index in [-0.39, 0.29) is 17.4 Å². The zero-order valence-electron chi connectivity index (χ0n) is 14.6. The molecular weight excluding hydrogens is 357 g/mol. The van der Waals surface area contributed by atoms with Crippen LogP contribution < -0.4 is 15.8 Å². The summed E-state index contributed by atoms with van der Waals surface area (Å²) in [5, 5.41) is 3.81. The quantitative estimate of drug-likeness (QED) is 0.458. The van der Waals surface area contributed by atoms with Crippen molar-refractivity contribution in [2.45, 2.75) is 19.7 Å². The molecule has 5 nitrogen and oxygen atoms in total. The van der Waals surface area contributed by atoms with Crippen LogP contribution in [0.4, 0.5) is 18.9 Å². The maximum Gasteiger partial charge on any atom is 0.573 e. The SMILES string of the molecule is Cc1cccc2[nH]cc(CCN=C(N)Nc3ccccc3OC(F)(F)F)c12. The number of hydrogen-bond donors (Lipinski definition) is 3. The number of aryl methyl sites for hydroxylation is 1. The summed E-state index contributed by atoms with van der Waals surface area (Å²) in [6.07, 6.45) is -2.20. The molecule has 142 valence electrons. The van der Waals surface area contributed by atoms with Crippen LogP contribution in [-0.2, 0) is 6.42 Å².